The monoisotopic (exact) mass is 419 g/mol. The van der Waals surface area contributed by atoms with E-state index in [-0.39, 0.29) is 29.3 Å². The lowest BCUT2D eigenvalue weighted by atomic mass is 10.1. The van der Waals surface area contributed by atoms with Crippen molar-refractivity contribution in [3.63, 3.8) is 0 Å². The van der Waals surface area contributed by atoms with Crippen LogP contribution in [0.5, 0.6) is 0 Å². The molecule has 3 heterocycles. The van der Waals surface area contributed by atoms with Crippen LogP contribution in [0.2, 0.25) is 0 Å². The Balaban J connectivity index is 1.54. The number of nitrogen functional groups attached to an aromatic ring is 1. The Morgan fingerprint density at radius 1 is 1.27 bits per heavy atom. The number of nitrogens with two attached hydrogens (primary N) is 1. The van der Waals surface area contributed by atoms with E-state index in [0.717, 1.165) is 0 Å². The number of nitrogens with zero attached hydrogens (tertiary/aromatic N) is 5. The van der Waals surface area contributed by atoms with Crippen molar-refractivity contribution in [2.24, 2.45) is 0 Å². The number of benzene rings is 1. The zero-order chi connectivity index (χ0) is 21.4. The number of nitro benzene ring substituents is 1. The molecule has 13 nitrogen and oxygen atoms in total. The predicted octanol–water partition coefficient (Wildman–Crippen LogP) is -1.55. The first-order chi connectivity index (χ1) is 14.4. The maximum atomic E-state index is 10.7. The van der Waals surface area contributed by atoms with Crippen LogP contribution in [0, 0.1) is 10.1 Å². The summed E-state index contributed by atoms with van der Waals surface area (Å²) < 4.78 is 8.12. The number of anilines is 1. The van der Waals surface area contributed by atoms with E-state index >= 15 is 0 Å². The third-order valence-electron chi connectivity index (χ3n) is 4.84. The SMILES string of the molecule is Nc1c2ncn([C@@H]3O[C@H](CO)[C@@H](O)[C@H]3O)c2nc[n+]1OCc1ccc([N+](=O)[O-])cc1. The minimum absolute atomic E-state index is 0.0237. The Kier molecular flexibility index (Phi) is 5.17. The van der Waals surface area contributed by atoms with Gasteiger partial charge in [0, 0.05) is 12.1 Å². The molecule has 0 unspecified atom stereocenters. The van der Waals surface area contributed by atoms with Gasteiger partial charge in [0.15, 0.2) is 12.8 Å². The van der Waals surface area contributed by atoms with E-state index in [2.05, 4.69) is 9.97 Å². The van der Waals surface area contributed by atoms with Crippen LogP contribution in [0.3, 0.4) is 0 Å². The largest absolute Gasteiger partial charge is 0.394 e. The summed E-state index contributed by atoms with van der Waals surface area (Å²) in [4.78, 5) is 24.2. The van der Waals surface area contributed by atoms with Gasteiger partial charge < -0.3 is 30.6 Å². The van der Waals surface area contributed by atoms with Gasteiger partial charge in [-0.3, -0.25) is 14.7 Å². The quantitative estimate of drug-likeness (QED) is 0.207. The summed E-state index contributed by atoms with van der Waals surface area (Å²) in [6.45, 7) is -0.372. The summed E-state index contributed by atoms with van der Waals surface area (Å²) in [5, 5.41) is 40.1. The van der Waals surface area contributed by atoms with Crippen molar-refractivity contribution in [2.45, 2.75) is 31.1 Å². The highest BCUT2D eigenvalue weighted by molar-refractivity contribution is 5.79. The van der Waals surface area contributed by atoms with Crippen molar-refractivity contribution in [1.82, 2.24) is 14.5 Å². The fourth-order valence-corrected chi connectivity index (χ4v) is 3.19. The molecule has 4 rings (SSSR count). The number of aromatic nitrogens is 4. The first kappa shape index (κ1) is 19.9. The minimum atomic E-state index is -1.28. The third kappa shape index (κ3) is 3.39. The Morgan fingerprint density at radius 3 is 2.63 bits per heavy atom. The average molecular weight is 419 g/mol. The van der Waals surface area contributed by atoms with Crippen LogP contribution in [0.1, 0.15) is 11.8 Å². The van der Waals surface area contributed by atoms with Gasteiger partial charge in [-0.2, -0.15) is 0 Å². The van der Waals surface area contributed by atoms with E-state index in [0.29, 0.717) is 5.56 Å². The molecule has 3 aromatic rings. The number of aliphatic hydroxyl groups is 3. The third-order valence-corrected chi connectivity index (χ3v) is 4.84. The fourth-order valence-electron chi connectivity index (χ4n) is 3.19. The van der Waals surface area contributed by atoms with Crippen molar-refractivity contribution in [2.75, 3.05) is 12.3 Å². The van der Waals surface area contributed by atoms with Crippen molar-refractivity contribution >= 4 is 22.7 Å². The van der Waals surface area contributed by atoms with Crippen LogP contribution in [0.15, 0.2) is 36.9 Å². The van der Waals surface area contributed by atoms with Gasteiger partial charge in [0.1, 0.15) is 24.6 Å². The first-order valence-electron chi connectivity index (χ1n) is 8.92. The number of aliphatic hydroxyl groups excluding tert-OH is 3. The summed E-state index contributed by atoms with van der Waals surface area (Å²) in [6, 6.07) is 5.88. The van der Waals surface area contributed by atoms with Crippen molar-refractivity contribution < 1.29 is 34.5 Å². The summed E-state index contributed by atoms with van der Waals surface area (Å²) in [6.07, 6.45) is -1.80. The smallest absolute Gasteiger partial charge is 0.289 e. The maximum absolute atomic E-state index is 10.7. The second-order valence-corrected chi connectivity index (χ2v) is 6.71. The minimum Gasteiger partial charge on any atom is -0.394 e. The van der Waals surface area contributed by atoms with Crippen molar-refractivity contribution in [3.8, 4) is 0 Å². The van der Waals surface area contributed by atoms with E-state index in [9.17, 15) is 25.4 Å². The molecule has 0 aliphatic carbocycles. The van der Waals surface area contributed by atoms with E-state index in [1.165, 1.54) is 34.1 Å². The number of nitro groups is 1. The lowest BCUT2D eigenvalue weighted by molar-refractivity contribution is -0.885. The molecule has 1 aliphatic heterocycles. The number of non-ortho nitro benzene ring substituents is 1. The Morgan fingerprint density at radius 2 is 2.00 bits per heavy atom. The van der Waals surface area contributed by atoms with Crippen LogP contribution in [-0.2, 0) is 11.3 Å². The average Bonchev–Trinajstić information content (AvgIpc) is 3.29. The molecule has 4 atom stereocenters. The number of ether oxygens (including phenoxy) is 1. The van der Waals surface area contributed by atoms with Gasteiger partial charge in [-0.25, -0.2) is 4.98 Å². The molecule has 13 heteroatoms. The second-order valence-electron chi connectivity index (χ2n) is 6.71. The highest BCUT2D eigenvalue weighted by atomic mass is 16.7. The number of fused-ring (bicyclic) bond motifs is 1. The topological polar surface area (TPSA) is 183 Å². The Labute approximate surface area is 168 Å². The molecule has 0 saturated carbocycles. The standard InChI is InChI=1S/C17H18N6O7/c18-15-12-16(21(7-19-12)17-14(26)13(25)11(5-24)30-17)20-8-22(15)29-6-9-1-3-10(4-2-9)23(27)28/h1-4,7-8,11,13-14,17-18,24-26H,5-6H2/p+1/t11-,13-,14-,17-/m1/s1. The van der Waals surface area contributed by atoms with Crippen LogP contribution in [-0.4, -0.2) is 59.7 Å². The van der Waals surface area contributed by atoms with Gasteiger partial charge in [-0.15, -0.1) is 0 Å². The molecule has 30 heavy (non-hydrogen) atoms. The molecule has 158 valence electrons. The number of hydrogen-bond acceptors (Lipinski definition) is 10. The number of hydrogen-bond donors (Lipinski definition) is 4. The zero-order valence-electron chi connectivity index (χ0n) is 15.5. The highest BCUT2D eigenvalue weighted by Crippen LogP contribution is 2.31. The van der Waals surface area contributed by atoms with Crippen LogP contribution < -0.4 is 15.3 Å². The summed E-state index contributed by atoms with van der Waals surface area (Å²) in [5.74, 6) is 0.132. The molecular formula is C17H19N6O7+. The van der Waals surface area contributed by atoms with Gasteiger partial charge in [0.05, 0.1) is 11.5 Å². The zero-order valence-corrected chi connectivity index (χ0v) is 15.5. The molecule has 1 fully saturated rings. The lowest BCUT2D eigenvalue weighted by Crippen LogP contribution is -2.45. The molecule has 0 amide bonds. The number of rotatable bonds is 6. The molecule has 0 radical (unpaired) electrons. The van der Waals surface area contributed by atoms with Gasteiger partial charge in [-0.05, 0) is 17.7 Å². The normalized spacial score (nSPS) is 23.7. The molecule has 0 spiro atoms. The molecule has 1 aromatic carbocycles. The molecule has 5 N–H and O–H groups in total. The predicted molar refractivity (Wildman–Crippen MR) is 98.5 cm³/mol. The van der Waals surface area contributed by atoms with Gasteiger partial charge in [-0.1, -0.05) is 9.71 Å². The summed E-state index contributed by atoms with van der Waals surface area (Å²) in [5.41, 5.74) is 7.34. The molecule has 2 aromatic heterocycles. The van der Waals surface area contributed by atoms with E-state index < -0.39 is 36.1 Å². The van der Waals surface area contributed by atoms with Gasteiger partial charge in [0.25, 0.3) is 17.8 Å². The molecule has 0 bridgehead atoms. The molecular weight excluding hydrogens is 400 g/mol. The van der Waals surface area contributed by atoms with Crippen molar-refractivity contribution in [1.29, 1.82) is 0 Å². The van der Waals surface area contributed by atoms with E-state index in [4.69, 9.17) is 15.3 Å². The Bertz CT molecular complexity index is 1070. The summed E-state index contributed by atoms with van der Waals surface area (Å²) in [7, 11) is 0. The van der Waals surface area contributed by atoms with Crippen LogP contribution in [0.25, 0.3) is 11.2 Å². The molecule has 1 aliphatic rings. The Hall–Kier alpha value is -3.39. The first-order valence-corrected chi connectivity index (χ1v) is 8.92. The fraction of sp³-hybridized carbons (Fsp3) is 0.353. The van der Waals surface area contributed by atoms with Crippen molar-refractivity contribution in [3.05, 3.63) is 52.6 Å². The van der Waals surface area contributed by atoms with Gasteiger partial charge >= 0.3 is 0 Å². The lowest BCUT2D eigenvalue weighted by Gasteiger charge is -2.15. The second kappa shape index (κ2) is 7.79. The van der Waals surface area contributed by atoms with Crippen LogP contribution in [0.4, 0.5) is 11.5 Å². The highest BCUT2D eigenvalue weighted by Gasteiger charge is 2.44. The number of imidazole rings is 1. The van der Waals surface area contributed by atoms with Crippen LogP contribution >= 0.6 is 0 Å². The molecule has 1 saturated heterocycles. The summed E-state index contributed by atoms with van der Waals surface area (Å²) >= 11 is 0. The maximum Gasteiger partial charge on any atom is 0.289 e. The van der Waals surface area contributed by atoms with Gasteiger partial charge in [0.2, 0.25) is 11.2 Å². The van der Waals surface area contributed by atoms with E-state index in [1.54, 1.807) is 12.1 Å². The van der Waals surface area contributed by atoms with E-state index in [1.807, 2.05) is 0 Å².